The summed E-state index contributed by atoms with van der Waals surface area (Å²) in [6.07, 6.45) is 0. The maximum atomic E-state index is 5.67. The van der Waals surface area contributed by atoms with Gasteiger partial charge in [0.05, 0.1) is 6.61 Å². The molecule has 1 unspecified atom stereocenters. The number of nitrogens with zero attached hydrogens (tertiary/aromatic N) is 2. The van der Waals surface area contributed by atoms with Crippen LogP contribution in [0, 0.1) is 0 Å². The molecule has 13 heavy (non-hydrogen) atoms. The highest BCUT2D eigenvalue weighted by atomic mass is 35.5. The van der Waals surface area contributed by atoms with Crippen LogP contribution in [0.25, 0.3) is 0 Å². The minimum Gasteiger partial charge on any atom is -0.446 e. The van der Waals surface area contributed by atoms with Gasteiger partial charge >= 0.3 is 0 Å². The Morgan fingerprint density at radius 3 is 2.62 bits per heavy atom. The van der Waals surface area contributed by atoms with E-state index >= 15 is 0 Å². The van der Waals surface area contributed by atoms with Gasteiger partial charge in [-0.3, -0.25) is 0 Å². The molecule has 0 radical (unpaired) electrons. The van der Waals surface area contributed by atoms with Crippen LogP contribution in [-0.4, -0.2) is 50.8 Å². The standard InChI is InChI=1S/C8H17ClN2O2/c1-7(9)13-8(10-2)11(3)5-6-12-4/h7H,5-6H2,1-4H3/b10-8-. The third kappa shape index (κ3) is 5.71. The maximum Gasteiger partial charge on any atom is 0.288 e. The lowest BCUT2D eigenvalue weighted by Gasteiger charge is -2.21. The number of aliphatic imine (C=N–C) groups is 1. The normalized spacial score (nSPS) is 14.1. The summed E-state index contributed by atoms with van der Waals surface area (Å²) in [6.45, 7) is 3.11. The van der Waals surface area contributed by atoms with E-state index in [1.807, 2.05) is 11.9 Å². The molecule has 0 saturated heterocycles. The number of amidine groups is 1. The summed E-state index contributed by atoms with van der Waals surface area (Å²) in [7, 11) is 5.19. The molecule has 5 heteroatoms. The molecule has 0 N–H and O–H groups in total. The summed E-state index contributed by atoms with van der Waals surface area (Å²) >= 11 is 5.67. The summed E-state index contributed by atoms with van der Waals surface area (Å²) in [5.74, 6) is 0. The number of methoxy groups -OCH3 is 1. The van der Waals surface area contributed by atoms with Gasteiger partial charge in [0.25, 0.3) is 6.02 Å². The number of alkyl halides is 1. The lowest BCUT2D eigenvalue weighted by atomic mass is 10.6. The van der Waals surface area contributed by atoms with E-state index in [1.165, 1.54) is 0 Å². The summed E-state index contributed by atoms with van der Waals surface area (Å²) in [5.41, 5.74) is -0.372. The molecule has 0 fully saturated rings. The quantitative estimate of drug-likeness (QED) is 0.395. The fourth-order valence-corrected chi connectivity index (χ4v) is 0.862. The van der Waals surface area contributed by atoms with Crippen molar-refractivity contribution in [2.45, 2.75) is 12.5 Å². The zero-order chi connectivity index (χ0) is 10.3. The molecule has 78 valence electrons. The molecule has 0 bridgehead atoms. The lowest BCUT2D eigenvalue weighted by molar-refractivity contribution is 0.164. The van der Waals surface area contributed by atoms with Crippen LogP contribution < -0.4 is 0 Å². The molecule has 0 saturated carbocycles. The molecule has 0 aliphatic rings. The third-order valence-electron chi connectivity index (χ3n) is 1.42. The van der Waals surface area contributed by atoms with Crippen LogP contribution in [0.5, 0.6) is 0 Å². The molecule has 0 spiro atoms. The molecule has 0 amide bonds. The van der Waals surface area contributed by atoms with Gasteiger partial charge in [0.1, 0.15) is 0 Å². The van der Waals surface area contributed by atoms with Gasteiger partial charge in [0, 0.05) is 27.7 Å². The summed E-state index contributed by atoms with van der Waals surface area (Å²) in [4.78, 5) is 5.81. The average molecular weight is 209 g/mol. The Kier molecular flexibility index (Phi) is 6.72. The topological polar surface area (TPSA) is 34.1 Å². The van der Waals surface area contributed by atoms with E-state index in [9.17, 15) is 0 Å². The van der Waals surface area contributed by atoms with Crippen LogP contribution in [0.4, 0.5) is 0 Å². The second-order valence-corrected chi connectivity index (χ2v) is 3.20. The third-order valence-corrected chi connectivity index (χ3v) is 1.51. The first kappa shape index (κ1) is 12.5. The molecule has 0 aromatic rings. The zero-order valence-electron chi connectivity index (χ0n) is 8.58. The van der Waals surface area contributed by atoms with Crippen molar-refractivity contribution in [3.63, 3.8) is 0 Å². The van der Waals surface area contributed by atoms with Gasteiger partial charge in [-0.1, -0.05) is 11.6 Å². The molecule has 0 aromatic carbocycles. The Bertz CT molecular complexity index is 162. The van der Waals surface area contributed by atoms with Gasteiger partial charge in [0.2, 0.25) is 0 Å². The molecule has 0 heterocycles. The second kappa shape index (κ2) is 6.97. The minimum absolute atomic E-state index is 0.372. The highest BCUT2D eigenvalue weighted by molar-refractivity contribution is 6.20. The van der Waals surface area contributed by atoms with Crippen LogP contribution in [-0.2, 0) is 9.47 Å². The summed E-state index contributed by atoms with van der Waals surface area (Å²) in [5, 5.41) is 0. The van der Waals surface area contributed by atoms with Crippen molar-refractivity contribution in [2.75, 3.05) is 34.4 Å². The summed E-state index contributed by atoms with van der Waals surface area (Å²) < 4.78 is 10.2. The predicted octanol–water partition coefficient (Wildman–Crippen LogP) is 1.15. The van der Waals surface area contributed by atoms with Crippen LogP contribution >= 0.6 is 11.6 Å². The van der Waals surface area contributed by atoms with Gasteiger partial charge < -0.3 is 14.4 Å². The van der Waals surface area contributed by atoms with Gasteiger partial charge in [-0.2, -0.15) is 0 Å². The first-order valence-corrected chi connectivity index (χ1v) is 4.53. The smallest absolute Gasteiger partial charge is 0.288 e. The fourth-order valence-electron chi connectivity index (χ4n) is 0.782. The highest BCUT2D eigenvalue weighted by Crippen LogP contribution is 2.00. The predicted molar refractivity (Wildman–Crippen MR) is 54.3 cm³/mol. The first-order valence-electron chi connectivity index (χ1n) is 4.09. The van der Waals surface area contributed by atoms with Crippen molar-refractivity contribution in [1.82, 2.24) is 4.90 Å². The van der Waals surface area contributed by atoms with Crippen molar-refractivity contribution in [3.8, 4) is 0 Å². The van der Waals surface area contributed by atoms with Crippen molar-refractivity contribution in [1.29, 1.82) is 0 Å². The molecule has 4 nitrogen and oxygen atoms in total. The van der Waals surface area contributed by atoms with E-state index in [2.05, 4.69) is 4.99 Å². The van der Waals surface area contributed by atoms with E-state index in [0.29, 0.717) is 12.6 Å². The molecule has 0 aromatic heterocycles. The number of halogens is 1. The van der Waals surface area contributed by atoms with E-state index in [0.717, 1.165) is 6.54 Å². The van der Waals surface area contributed by atoms with Gasteiger partial charge in [-0.15, -0.1) is 0 Å². The number of hydrogen-bond acceptors (Lipinski definition) is 3. The van der Waals surface area contributed by atoms with E-state index in [1.54, 1.807) is 21.1 Å². The molecular formula is C8H17ClN2O2. The van der Waals surface area contributed by atoms with Crippen LogP contribution in [0.2, 0.25) is 0 Å². The van der Waals surface area contributed by atoms with Gasteiger partial charge in [-0.25, -0.2) is 4.99 Å². The first-order chi connectivity index (χ1) is 6.11. The zero-order valence-corrected chi connectivity index (χ0v) is 9.34. The molecule has 0 aliphatic heterocycles. The van der Waals surface area contributed by atoms with E-state index < -0.39 is 0 Å². The number of likely N-dealkylation sites (N-methyl/N-ethyl adjacent to an activating group) is 1. The van der Waals surface area contributed by atoms with E-state index in [4.69, 9.17) is 21.1 Å². The fraction of sp³-hybridized carbons (Fsp3) is 0.875. The van der Waals surface area contributed by atoms with Crippen molar-refractivity contribution in [2.24, 2.45) is 4.99 Å². The average Bonchev–Trinajstić information content (AvgIpc) is 2.09. The molecule has 0 rings (SSSR count). The van der Waals surface area contributed by atoms with Crippen LogP contribution in [0.1, 0.15) is 6.92 Å². The van der Waals surface area contributed by atoms with Crippen molar-refractivity contribution >= 4 is 17.6 Å². The molecule has 0 aliphatic carbocycles. The Morgan fingerprint density at radius 2 is 2.23 bits per heavy atom. The van der Waals surface area contributed by atoms with E-state index in [-0.39, 0.29) is 5.56 Å². The Morgan fingerprint density at radius 1 is 1.62 bits per heavy atom. The minimum atomic E-state index is -0.372. The molecule has 1 atom stereocenters. The molecular weight excluding hydrogens is 192 g/mol. The summed E-state index contributed by atoms with van der Waals surface area (Å²) in [6, 6.07) is 0.527. The van der Waals surface area contributed by atoms with Crippen molar-refractivity contribution in [3.05, 3.63) is 0 Å². The SMILES string of the molecule is C/N=C(\OC(C)Cl)N(C)CCOC. The monoisotopic (exact) mass is 208 g/mol. The Labute approximate surface area is 84.5 Å². The number of ether oxygens (including phenoxy) is 2. The van der Waals surface area contributed by atoms with Crippen molar-refractivity contribution < 1.29 is 9.47 Å². The number of hydrogen-bond donors (Lipinski definition) is 0. The lowest BCUT2D eigenvalue weighted by Crippen LogP contribution is -2.33. The van der Waals surface area contributed by atoms with Gasteiger partial charge in [-0.05, 0) is 6.92 Å². The maximum absolute atomic E-state index is 5.67. The Hall–Kier alpha value is -0.480. The van der Waals surface area contributed by atoms with Crippen LogP contribution in [0.3, 0.4) is 0 Å². The highest BCUT2D eigenvalue weighted by Gasteiger charge is 2.08. The van der Waals surface area contributed by atoms with Crippen LogP contribution in [0.15, 0.2) is 4.99 Å². The Balaban J connectivity index is 3.93. The second-order valence-electron chi connectivity index (χ2n) is 2.58. The number of rotatable bonds is 4. The van der Waals surface area contributed by atoms with Gasteiger partial charge in [0.15, 0.2) is 5.56 Å². The largest absolute Gasteiger partial charge is 0.446 e.